The van der Waals surface area contributed by atoms with Crippen molar-refractivity contribution in [2.45, 2.75) is 46.2 Å². The average Bonchev–Trinajstić information content (AvgIpc) is 2.26. The van der Waals surface area contributed by atoms with Gasteiger partial charge in [-0.25, -0.2) is 0 Å². The molecule has 0 aromatic heterocycles. The maximum atomic E-state index is 10.7. The molecule has 2 N–H and O–H groups in total. The molecule has 0 aliphatic heterocycles. The number of aliphatic carboxylic acids is 1. The number of likely N-dealkylation sites (N-methyl/N-ethyl adjacent to an activating group) is 1. The lowest BCUT2D eigenvalue weighted by Crippen LogP contribution is -2.41. The van der Waals surface area contributed by atoms with Gasteiger partial charge in [-0.05, 0) is 27.3 Å². The lowest BCUT2D eigenvalue weighted by atomic mass is 10.0. The van der Waals surface area contributed by atoms with Gasteiger partial charge in [0.2, 0.25) is 0 Å². The molecule has 0 aliphatic rings. The summed E-state index contributed by atoms with van der Waals surface area (Å²) in [6.07, 6.45) is 1.14. The van der Waals surface area contributed by atoms with E-state index in [9.17, 15) is 4.79 Å². The van der Waals surface area contributed by atoms with Crippen LogP contribution in [-0.4, -0.2) is 48.2 Å². The van der Waals surface area contributed by atoms with Gasteiger partial charge >= 0.3 is 5.97 Å². The highest BCUT2D eigenvalue weighted by Crippen LogP contribution is 2.02. The molecule has 0 fully saturated rings. The van der Waals surface area contributed by atoms with Crippen LogP contribution >= 0.6 is 0 Å². The highest BCUT2D eigenvalue weighted by Gasteiger charge is 2.18. The lowest BCUT2D eigenvalue weighted by molar-refractivity contribution is -0.141. The van der Waals surface area contributed by atoms with Gasteiger partial charge in [-0.15, -0.1) is 0 Å². The number of carbonyl (C=O) groups is 1. The number of nitrogens with zero attached hydrogens (tertiary/aromatic N) is 1. The summed E-state index contributed by atoms with van der Waals surface area (Å²) < 4.78 is 0. The average molecular weight is 230 g/mol. The van der Waals surface area contributed by atoms with Gasteiger partial charge in [0, 0.05) is 25.2 Å². The predicted molar refractivity (Wildman–Crippen MR) is 66.6 cm³/mol. The Kier molecular flexibility index (Phi) is 7.34. The van der Waals surface area contributed by atoms with Gasteiger partial charge in [0.05, 0.1) is 5.92 Å². The fraction of sp³-hybridized carbons (Fsp3) is 0.917. The molecule has 3 unspecified atom stereocenters. The molecule has 3 atom stereocenters. The Morgan fingerprint density at radius 2 is 1.94 bits per heavy atom. The van der Waals surface area contributed by atoms with Crippen LogP contribution in [0.5, 0.6) is 0 Å². The second-order valence-electron chi connectivity index (χ2n) is 4.61. The molecule has 0 bridgehead atoms. The van der Waals surface area contributed by atoms with Crippen LogP contribution in [-0.2, 0) is 4.79 Å². The van der Waals surface area contributed by atoms with Crippen LogP contribution in [0.15, 0.2) is 0 Å². The normalized spacial score (nSPS) is 17.1. The Morgan fingerprint density at radius 3 is 2.38 bits per heavy atom. The Labute approximate surface area is 99.0 Å². The maximum Gasteiger partial charge on any atom is 0.307 e. The van der Waals surface area contributed by atoms with Gasteiger partial charge in [0.25, 0.3) is 0 Å². The minimum Gasteiger partial charge on any atom is -0.481 e. The van der Waals surface area contributed by atoms with E-state index < -0.39 is 5.97 Å². The minimum absolute atomic E-state index is 0.0165. The monoisotopic (exact) mass is 230 g/mol. The quantitative estimate of drug-likeness (QED) is 0.662. The van der Waals surface area contributed by atoms with Crippen molar-refractivity contribution < 1.29 is 9.90 Å². The first-order chi connectivity index (χ1) is 7.40. The second kappa shape index (κ2) is 7.63. The van der Waals surface area contributed by atoms with E-state index in [2.05, 4.69) is 31.1 Å². The van der Waals surface area contributed by atoms with Crippen LogP contribution < -0.4 is 5.32 Å². The molecule has 0 spiro atoms. The molecule has 16 heavy (non-hydrogen) atoms. The Hall–Kier alpha value is -0.610. The summed E-state index contributed by atoms with van der Waals surface area (Å²) in [5, 5.41) is 12.1. The van der Waals surface area contributed by atoms with Crippen molar-refractivity contribution >= 4 is 5.97 Å². The number of hydrogen-bond donors (Lipinski definition) is 2. The van der Waals surface area contributed by atoms with Crippen molar-refractivity contribution in [3.63, 3.8) is 0 Å². The van der Waals surface area contributed by atoms with E-state index in [-0.39, 0.29) is 12.0 Å². The Morgan fingerprint density at radius 1 is 1.38 bits per heavy atom. The van der Waals surface area contributed by atoms with Crippen molar-refractivity contribution in [1.82, 2.24) is 10.2 Å². The van der Waals surface area contributed by atoms with E-state index >= 15 is 0 Å². The summed E-state index contributed by atoms with van der Waals surface area (Å²) >= 11 is 0. The van der Waals surface area contributed by atoms with E-state index in [1.54, 1.807) is 6.92 Å². The largest absolute Gasteiger partial charge is 0.481 e. The zero-order valence-corrected chi connectivity index (χ0v) is 11.2. The van der Waals surface area contributed by atoms with Crippen molar-refractivity contribution in [2.75, 3.05) is 20.1 Å². The van der Waals surface area contributed by atoms with Crippen LogP contribution in [0.3, 0.4) is 0 Å². The highest BCUT2D eigenvalue weighted by molar-refractivity contribution is 5.70. The number of carboxylic acids is 1. The van der Waals surface area contributed by atoms with Crippen molar-refractivity contribution in [1.29, 1.82) is 0 Å². The van der Waals surface area contributed by atoms with E-state index in [0.29, 0.717) is 6.04 Å². The predicted octanol–water partition coefficient (Wildman–Crippen LogP) is 1.42. The summed E-state index contributed by atoms with van der Waals surface area (Å²) in [6, 6.07) is 0.594. The molecule has 0 saturated heterocycles. The smallest absolute Gasteiger partial charge is 0.307 e. The Bertz CT molecular complexity index is 209. The minimum atomic E-state index is -0.740. The molecule has 4 heteroatoms. The molecule has 4 nitrogen and oxygen atoms in total. The van der Waals surface area contributed by atoms with Crippen LogP contribution in [0.4, 0.5) is 0 Å². The third-order valence-electron chi connectivity index (χ3n) is 3.41. The number of rotatable bonds is 8. The van der Waals surface area contributed by atoms with Crippen molar-refractivity contribution in [3.8, 4) is 0 Å². The van der Waals surface area contributed by atoms with Crippen LogP contribution in [0.1, 0.15) is 34.1 Å². The zero-order valence-electron chi connectivity index (χ0n) is 11.2. The molecule has 0 saturated carbocycles. The summed E-state index contributed by atoms with van der Waals surface area (Å²) in [5.41, 5.74) is 0. The second-order valence-corrected chi connectivity index (χ2v) is 4.61. The molecule has 96 valence electrons. The fourth-order valence-corrected chi connectivity index (χ4v) is 1.39. The summed E-state index contributed by atoms with van der Waals surface area (Å²) in [5.74, 6) is -1.08. The maximum absolute atomic E-state index is 10.7. The standard InChI is InChI=1S/C12H26N2O2/c1-6-9(2)14(5)8-7-13-11(4)10(3)12(15)16/h9-11,13H,6-8H2,1-5H3,(H,15,16). The molecule has 0 rings (SSSR count). The number of hydrogen-bond acceptors (Lipinski definition) is 3. The van der Waals surface area contributed by atoms with Gasteiger partial charge < -0.3 is 15.3 Å². The van der Waals surface area contributed by atoms with Gasteiger partial charge in [-0.1, -0.05) is 13.8 Å². The third-order valence-corrected chi connectivity index (χ3v) is 3.41. The lowest BCUT2D eigenvalue weighted by Gasteiger charge is -2.25. The first kappa shape index (κ1) is 15.4. The molecule has 0 aliphatic carbocycles. The molecule has 0 heterocycles. The van der Waals surface area contributed by atoms with E-state index in [1.807, 2.05) is 6.92 Å². The first-order valence-corrected chi connectivity index (χ1v) is 6.06. The highest BCUT2D eigenvalue weighted by atomic mass is 16.4. The SMILES string of the molecule is CCC(C)N(C)CCNC(C)C(C)C(=O)O. The molecular weight excluding hydrogens is 204 g/mol. The third kappa shape index (κ3) is 5.47. The molecule has 0 aromatic carbocycles. The molecule has 0 aromatic rings. The van der Waals surface area contributed by atoms with Crippen LogP contribution in [0.2, 0.25) is 0 Å². The van der Waals surface area contributed by atoms with Crippen LogP contribution in [0.25, 0.3) is 0 Å². The van der Waals surface area contributed by atoms with E-state index in [1.165, 1.54) is 0 Å². The first-order valence-electron chi connectivity index (χ1n) is 6.06. The van der Waals surface area contributed by atoms with Gasteiger partial charge in [0.1, 0.15) is 0 Å². The number of nitrogens with one attached hydrogen (secondary N) is 1. The molecular formula is C12H26N2O2. The molecule has 0 amide bonds. The molecule has 0 radical (unpaired) electrons. The van der Waals surface area contributed by atoms with E-state index in [0.717, 1.165) is 19.5 Å². The summed E-state index contributed by atoms with van der Waals surface area (Å²) in [4.78, 5) is 13.0. The van der Waals surface area contributed by atoms with E-state index in [4.69, 9.17) is 5.11 Å². The topological polar surface area (TPSA) is 52.6 Å². The fourth-order valence-electron chi connectivity index (χ4n) is 1.39. The van der Waals surface area contributed by atoms with Gasteiger partial charge in [-0.2, -0.15) is 0 Å². The van der Waals surface area contributed by atoms with Gasteiger partial charge in [0.15, 0.2) is 0 Å². The summed E-state index contributed by atoms with van der Waals surface area (Å²) in [6.45, 7) is 9.80. The van der Waals surface area contributed by atoms with Gasteiger partial charge in [-0.3, -0.25) is 4.79 Å². The van der Waals surface area contributed by atoms with Crippen molar-refractivity contribution in [3.05, 3.63) is 0 Å². The Balaban J connectivity index is 3.77. The zero-order chi connectivity index (χ0) is 12.7. The van der Waals surface area contributed by atoms with Crippen LogP contribution in [0, 0.1) is 5.92 Å². The number of carboxylic acid groups (broad SMARTS) is 1. The summed E-state index contributed by atoms with van der Waals surface area (Å²) in [7, 11) is 2.10. The van der Waals surface area contributed by atoms with Crippen molar-refractivity contribution in [2.24, 2.45) is 5.92 Å².